The van der Waals surface area contributed by atoms with E-state index in [1.165, 1.54) is 32.3 Å². The van der Waals surface area contributed by atoms with Crippen LogP contribution < -0.4 is 5.46 Å². The van der Waals surface area contributed by atoms with Crippen molar-refractivity contribution in [2.24, 2.45) is 0 Å². The number of hydrogen-bond donors (Lipinski definition) is 1. The largest absolute Gasteiger partial charge is 0.427 e. The van der Waals surface area contributed by atoms with Crippen molar-refractivity contribution in [1.82, 2.24) is 0 Å². The Morgan fingerprint density at radius 3 is 2.04 bits per heavy atom. The molecular weight excluding hydrogens is 331 g/mol. The number of aliphatic hydroxyl groups is 1. The summed E-state index contributed by atoms with van der Waals surface area (Å²) < 4.78 is 5.95. The molecule has 0 atom stereocenters. The number of hydrogen-bond acceptors (Lipinski definition) is 2. The van der Waals surface area contributed by atoms with Crippen molar-refractivity contribution in [1.29, 1.82) is 0 Å². The van der Waals surface area contributed by atoms with Gasteiger partial charge in [-0.2, -0.15) is 0 Å². The Morgan fingerprint density at radius 1 is 0.741 bits per heavy atom. The molecule has 0 bridgehead atoms. The van der Waals surface area contributed by atoms with Gasteiger partial charge < -0.3 is 9.76 Å². The molecule has 0 unspecified atom stereocenters. The topological polar surface area (TPSA) is 29.5 Å². The third-order valence-corrected chi connectivity index (χ3v) is 5.71. The molecule has 0 aromatic heterocycles. The van der Waals surface area contributed by atoms with E-state index in [0.717, 1.165) is 5.46 Å². The van der Waals surface area contributed by atoms with E-state index in [2.05, 4.69) is 66.7 Å². The molecular formula is C24H24BO2. The Morgan fingerprint density at radius 2 is 1.33 bits per heavy atom. The second kappa shape index (κ2) is 6.37. The van der Waals surface area contributed by atoms with Crippen LogP contribution in [0.1, 0.15) is 27.7 Å². The van der Waals surface area contributed by atoms with Gasteiger partial charge in [-0.1, -0.05) is 72.2 Å². The third-order valence-electron chi connectivity index (χ3n) is 5.71. The molecule has 2 nitrogen and oxygen atoms in total. The molecule has 27 heavy (non-hydrogen) atoms. The summed E-state index contributed by atoms with van der Waals surface area (Å²) in [6.07, 6.45) is 0. The van der Waals surface area contributed by atoms with Gasteiger partial charge in [-0.05, 0) is 60.0 Å². The summed E-state index contributed by atoms with van der Waals surface area (Å²) in [6.45, 7) is 7.32. The fourth-order valence-corrected chi connectivity index (χ4v) is 3.28. The van der Waals surface area contributed by atoms with Crippen LogP contribution >= 0.6 is 0 Å². The summed E-state index contributed by atoms with van der Waals surface area (Å²) >= 11 is 0. The van der Waals surface area contributed by atoms with Crippen LogP contribution in [0.2, 0.25) is 0 Å². The van der Waals surface area contributed by atoms with E-state index in [1.807, 2.05) is 13.8 Å². The maximum atomic E-state index is 10.3. The Bertz CT molecular complexity index is 1130. The highest BCUT2D eigenvalue weighted by atomic mass is 16.5. The molecule has 135 valence electrons. The van der Waals surface area contributed by atoms with Gasteiger partial charge in [-0.25, -0.2) is 0 Å². The van der Waals surface area contributed by atoms with Crippen LogP contribution in [0, 0.1) is 0 Å². The van der Waals surface area contributed by atoms with Crippen LogP contribution in [0.5, 0.6) is 0 Å². The van der Waals surface area contributed by atoms with Gasteiger partial charge in [0.15, 0.2) is 0 Å². The standard InChI is InChI=1S/C24H24BO2/c1-23(2,26)24(3,4)27-25-19-14-13-17-10-12-18-11-9-16-7-5-6-8-20(16)22(18)21(17)15-19/h5-15,26H,1-4H3. The van der Waals surface area contributed by atoms with Crippen LogP contribution in [0.25, 0.3) is 32.3 Å². The summed E-state index contributed by atoms with van der Waals surface area (Å²) in [5, 5.41) is 17.7. The summed E-state index contributed by atoms with van der Waals surface area (Å²) in [5.74, 6) is 0. The second-order valence-corrected chi connectivity index (χ2v) is 8.24. The molecule has 0 aliphatic carbocycles. The molecule has 1 radical (unpaired) electrons. The van der Waals surface area contributed by atoms with Gasteiger partial charge in [0.1, 0.15) is 0 Å². The molecule has 0 heterocycles. The number of rotatable bonds is 4. The lowest BCUT2D eigenvalue weighted by molar-refractivity contribution is -0.0893. The predicted octanol–water partition coefficient (Wildman–Crippen LogP) is 4.96. The van der Waals surface area contributed by atoms with E-state index in [9.17, 15) is 5.11 Å². The minimum absolute atomic E-state index is 0.687. The lowest BCUT2D eigenvalue weighted by atomic mass is 9.81. The SMILES string of the molecule is CC(C)(O)C(C)(C)O[B]c1ccc2ccc3ccc4ccccc4c3c2c1. The van der Waals surface area contributed by atoms with Crippen LogP contribution in [-0.2, 0) is 4.65 Å². The van der Waals surface area contributed by atoms with Gasteiger partial charge >= 0.3 is 7.48 Å². The van der Waals surface area contributed by atoms with Gasteiger partial charge in [-0.15, -0.1) is 0 Å². The Labute approximate surface area is 161 Å². The van der Waals surface area contributed by atoms with Crippen molar-refractivity contribution in [3.63, 3.8) is 0 Å². The van der Waals surface area contributed by atoms with E-state index < -0.39 is 11.2 Å². The average molecular weight is 355 g/mol. The summed E-state index contributed by atoms with van der Waals surface area (Å²) in [6, 6.07) is 23.6. The molecule has 0 saturated carbocycles. The van der Waals surface area contributed by atoms with Gasteiger partial charge in [0.2, 0.25) is 0 Å². The van der Waals surface area contributed by atoms with Crippen molar-refractivity contribution in [3.05, 3.63) is 66.7 Å². The number of benzene rings is 4. The van der Waals surface area contributed by atoms with E-state index in [1.54, 1.807) is 21.3 Å². The van der Waals surface area contributed by atoms with Gasteiger partial charge in [0.25, 0.3) is 0 Å². The monoisotopic (exact) mass is 355 g/mol. The normalized spacial score (nSPS) is 12.8. The summed E-state index contributed by atoms with van der Waals surface area (Å²) in [4.78, 5) is 0. The van der Waals surface area contributed by atoms with Gasteiger partial charge in [-0.3, -0.25) is 0 Å². The molecule has 0 aliphatic heterocycles. The first kappa shape index (κ1) is 18.0. The first-order chi connectivity index (χ1) is 12.8. The zero-order valence-electron chi connectivity index (χ0n) is 16.3. The van der Waals surface area contributed by atoms with Crippen LogP contribution in [-0.4, -0.2) is 23.8 Å². The third kappa shape index (κ3) is 3.22. The van der Waals surface area contributed by atoms with Crippen molar-refractivity contribution < 1.29 is 9.76 Å². The molecule has 3 heteroatoms. The Hall–Kier alpha value is -2.36. The first-order valence-corrected chi connectivity index (χ1v) is 9.34. The predicted molar refractivity (Wildman–Crippen MR) is 116 cm³/mol. The highest BCUT2D eigenvalue weighted by Gasteiger charge is 2.35. The van der Waals surface area contributed by atoms with E-state index in [0.29, 0.717) is 0 Å². The fourth-order valence-electron chi connectivity index (χ4n) is 3.28. The molecule has 0 saturated heterocycles. The molecule has 0 spiro atoms. The molecule has 0 amide bonds. The van der Waals surface area contributed by atoms with Crippen molar-refractivity contribution >= 4 is 45.3 Å². The zero-order valence-corrected chi connectivity index (χ0v) is 16.3. The minimum Gasteiger partial charge on any atom is -0.427 e. The molecule has 0 aliphatic rings. The molecule has 4 rings (SSSR count). The quantitative estimate of drug-likeness (QED) is 0.414. The Balaban J connectivity index is 1.83. The van der Waals surface area contributed by atoms with Gasteiger partial charge in [0, 0.05) is 0 Å². The van der Waals surface area contributed by atoms with Gasteiger partial charge in [0.05, 0.1) is 11.2 Å². The smallest absolute Gasteiger partial charge is 0.330 e. The summed E-state index contributed by atoms with van der Waals surface area (Å²) in [7, 11) is 1.75. The number of fused-ring (bicyclic) bond motifs is 5. The zero-order chi connectivity index (χ0) is 19.2. The fraction of sp³-hybridized carbons (Fsp3) is 0.250. The van der Waals surface area contributed by atoms with Crippen molar-refractivity contribution in [2.45, 2.75) is 38.9 Å². The van der Waals surface area contributed by atoms with Crippen molar-refractivity contribution in [3.8, 4) is 0 Å². The molecule has 4 aromatic rings. The second-order valence-electron chi connectivity index (χ2n) is 8.24. The van der Waals surface area contributed by atoms with Crippen molar-refractivity contribution in [2.75, 3.05) is 0 Å². The van der Waals surface area contributed by atoms with E-state index >= 15 is 0 Å². The lowest BCUT2D eigenvalue weighted by Gasteiger charge is -2.37. The maximum Gasteiger partial charge on any atom is 0.330 e. The van der Waals surface area contributed by atoms with Crippen LogP contribution in [0.3, 0.4) is 0 Å². The van der Waals surface area contributed by atoms with Crippen LogP contribution in [0.4, 0.5) is 0 Å². The summed E-state index contributed by atoms with van der Waals surface area (Å²) in [5.41, 5.74) is -0.642. The molecule has 4 aromatic carbocycles. The van der Waals surface area contributed by atoms with E-state index in [4.69, 9.17) is 4.65 Å². The first-order valence-electron chi connectivity index (χ1n) is 9.34. The maximum absolute atomic E-state index is 10.3. The highest BCUT2D eigenvalue weighted by molar-refractivity contribution is 6.48. The average Bonchev–Trinajstić information content (AvgIpc) is 2.64. The van der Waals surface area contributed by atoms with Crippen LogP contribution in [0.15, 0.2) is 66.7 Å². The Kier molecular flexibility index (Phi) is 4.25. The molecule has 1 N–H and O–H groups in total. The van der Waals surface area contributed by atoms with E-state index in [-0.39, 0.29) is 0 Å². The molecule has 0 fully saturated rings. The lowest BCUT2D eigenvalue weighted by Crippen LogP contribution is -2.49. The highest BCUT2D eigenvalue weighted by Crippen LogP contribution is 2.31. The minimum atomic E-state index is -0.941.